The van der Waals surface area contributed by atoms with E-state index in [1.807, 2.05) is 0 Å². The van der Waals surface area contributed by atoms with Crippen LogP contribution in [0.15, 0.2) is 0 Å². The van der Waals surface area contributed by atoms with Crippen molar-refractivity contribution in [1.29, 1.82) is 0 Å². The third-order valence-electron chi connectivity index (χ3n) is 3.42. The number of nitrogens with one attached hydrogen (secondary N) is 1. The molecule has 0 aromatic rings. The fourth-order valence-electron chi connectivity index (χ4n) is 2.49. The molecule has 0 aromatic carbocycles. The van der Waals surface area contributed by atoms with E-state index in [0.717, 1.165) is 4.90 Å². The Hall–Kier alpha value is -1.34. The summed E-state index contributed by atoms with van der Waals surface area (Å²) in [5, 5.41) is 2.46. The molecule has 2 fully saturated rings. The standard InChI is InChI=1S/C10H12F4N2O2/c11-8(12)10(13,14)9(18)16-3-1-2-5-6(16)4-15-7(5)17/h5-6,8H,1-4H2,(H,15,17). The molecule has 0 bridgehead atoms. The van der Waals surface area contributed by atoms with E-state index in [1.165, 1.54) is 0 Å². The SMILES string of the molecule is O=C1NCC2C1CCCN2C(=O)C(F)(F)C(F)F. The summed E-state index contributed by atoms with van der Waals surface area (Å²) in [5.74, 6) is -7.44. The summed E-state index contributed by atoms with van der Waals surface area (Å²) < 4.78 is 50.4. The summed E-state index contributed by atoms with van der Waals surface area (Å²) in [6, 6.07) is -0.733. The number of likely N-dealkylation sites (tertiary alicyclic amines) is 1. The molecule has 2 aliphatic heterocycles. The topological polar surface area (TPSA) is 49.4 Å². The normalized spacial score (nSPS) is 28.3. The molecule has 2 rings (SSSR count). The highest BCUT2D eigenvalue weighted by Gasteiger charge is 2.54. The Morgan fingerprint density at radius 2 is 2.11 bits per heavy atom. The van der Waals surface area contributed by atoms with Crippen LogP contribution in [0.25, 0.3) is 0 Å². The van der Waals surface area contributed by atoms with Gasteiger partial charge in [0.25, 0.3) is 5.91 Å². The van der Waals surface area contributed by atoms with Gasteiger partial charge in [0.15, 0.2) is 0 Å². The first-order chi connectivity index (χ1) is 8.35. The first kappa shape index (κ1) is 13.1. The number of hydrogen-bond donors (Lipinski definition) is 1. The molecule has 0 radical (unpaired) electrons. The van der Waals surface area contributed by atoms with Gasteiger partial charge in [0.2, 0.25) is 5.91 Å². The van der Waals surface area contributed by atoms with Crippen LogP contribution in [0.1, 0.15) is 12.8 Å². The number of alkyl halides is 4. The summed E-state index contributed by atoms with van der Waals surface area (Å²) in [6.07, 6.45) is -3.18. The van der Waals surface area contributed by atoms with Gasteiger partial charge in [-0.3, -0.25) is 9.59 Å². The highest BCUT2D eigenvalue weighted by Crippen LogP contribution is 2.32. The minimum Gasteiger partial charge on any atom is -0.354 e. The number of carbonyl (C=O) groups is 2. The van der Waals surface area contributed by atoms with Crippen LogP contribution < -0.4 is 5.32 Å². The van der Waals surface area contributed by atoms with Gasteiger partial charge < -0.3 is 10.2 Å². The van der Waals surface area contributed by atoms with Crippen molar-refractivity contribution in [2.24, 2.45) is 5.92 Å². The van der Waals surface area contributed by atoms with Crippen molar-refractivity contribution in [1.82, 2.24) is 10.2 Å². The first-order valence-electron chi connectivity index (χ1n) is 5.60. The number of amides is 2. The molecule has 2 aliphatic rings. The minimum atomic E-state index is -4.69. The van der Waals surface area contributed by atoms with Crippen LogP contribution in [0.2, 0.25) is 0 Å². The molecule has 0 aromatic heterocycles. The predicted octanol–water partition coefficient (Wildman–Crippen LogP) is 0.624. The lowest BCUT2D eigenvalue weighted by Crippen LogP contribution is -2.56. The molecule has 2 saturated heterocycles. The van der Waals surface area contributed by atoms with Crippen LogP contribution in [0, 0.1) is 5.92 Å². The number of hydrogen-bond acceptors (Lipinski definition) is 2. The summed E-state index contributed by atoms with van der Waals surface area (Å²) in [7, 11) is 0. The summed E-state index contributed by atoms with van der Waals surface area (Å²) in [4.78, 5) is 23.6. The monoisotopic (exact) mass is 268 g/mol. The Morgan fingerprint density at radius 1 is 1.44 bits per heavy atom. The summed E-state index contributed by atoms with van der Waals surface area (Å²) >= 11 is 0. The lowest BCUT2D eigenvalue weighted by Gasteiger charge is -2.37. The maximum absolute atomic E-state index is 13.0. The molecule has 4 nitrogen and oxygen atoms in total. The van der Waals surface area contributed by atoms with E-state index in [-0.39, 0.29) is 19.0 Å². The predicted molar refractivity (Wildman–Crippen MR) is 52.2 cm³/mol. The van der Waals surface area contributed by atoms with Crippen molar-refractivity contribution in [2.45, 2.75) is 31.2 Å². The largest absolute Gasteiger partial charge is 0.383 e. The van der Waals surface area contributed by atoms with Gasteiger partial charge in [-0.1, -0.05) is 0 Å². The van der Waals surface area contributed by atoms with E-state index in [4.69, 9.17) is 0 Å². The number of halogens is 4. The summed E-state index contributed by atoms with van der Waals surface area (Å²) in [6.45, 7) is 0.0336. The average Bonchev–Trinajstić information content (AvgIpc) is 2.70. The van der Waals surface area contributed by atoms with E-state index < -0.39 is 30.2 Å². The minimum absolute atomic E-state index is 0.0166. The molecule has 0 aliphatic carbocycles. The number of nitrogens with zero attached hydrogens (tertiary/aromatic N) is 1. The first-order valence-corrected chi connectivity index (χ1v) is 5.60. The molecule has 0 saturated carbocycles. The van der Waals surface area contributed by atoms with E-state index in [9.17, 15) is 27.2 Å². The molecule has 1 N–H and O–H groups in total. The van der Waals surface area contributed by atoms with Gasteiger partial charge in [-0.05, 0) is 12.8 Å². The molecule has 102 valence electrons. The molecule has 0 spiro atoms. The molecule has 2 amide bonds. The van der Waals surface area contributed by atoms with Crippen LogP contribution in [0.3, 0.4) is 0 Å². The number of piperidine rings is 1. The number of rotatable bonds is 2. The number of carbonyl (C=O) groups excluding carboxylic acids is 2. The van der Waals surface area contributed by atoms with E-state index in [1.54, 1.807) is 0 Å². The van der Waals surface area contributed by atoms with Gasteiger partial charge in [-0.25, -0.2) is 8.78 Å². The molecular formula is C10H12F4N2O2. The lowest BCUT2D eigenvalue weighted by molar-refractivity contribution is -0.184. The maximum atomic E-state index is 13.0. The van der Waals surface area contributed by atoms with Crippen LogP contribution >= 0.6 is 0 Å². The highest BCUT2D eigenvalue weighted by atomic mass is 19.3. The average molecular weight is 268 g/mol. The Bertz CT molecular complexity index is 375. The zero-order chi connectivity index (χ0) is 13.5. The van der Waals surface area contributed by atoms with Gasteiger partial charge in [0.1, 0.15) is 0 Å². The molecule has 18 heavy (non-hydrogen) atoms. The number of fused-ring (bicyclic) bond motifs is 1. The molecule has 2 atom stereocenters. The van der Waals surface area contributed by atoms with Gasteiger partial charge in [0.05, 0.1) is 12.0 Å². The smallest absolute Gasteiger partial charge is 0.354 e. The molecular weight excluding hydrogens is 256 g/mol. The van der Waals surface area contributed by atoms with Crippen molar-refractivity contribution in [3.63, 3.8) is 0 Å². The van der Waals surface area contributed by atoms with Crippen molar-refractivity contribution < 1.29 is 27.2 Å². The molecule has 2 unspecified atom stereocenters. The van der Waals surface area contributed by atoms with Gasteiger partial charge in [-0.15, -0.1) is 0 Å². The fraction of sp³-hybridized carbons (Fsp3) is 0.800. The van der Waals surface area contributed by atoms with Crippen molar-refractivity contribution in [3.05, 3.63) is 0 Å². The quantitative estimate of drug-likeness (QED) is 0.746. The Balaban J connectivity index is 2.18. The second kappa shape index (κ2) is 4.40. The third-order valence-corrected chi connectivity index (χ3v) is 3.42. The van der Waals surface area contributed by atoms with Crippen molar-refractivity contribution >= 4 is 11.8 Å². The van der Waals surface area contributed by atoms with Crippen LogP contribution in [0.5, 0.6) is 0 Å². The lowest BCUT2D eigenvalue weighted by atomic mass is 9.91. The zero-order valence-electron chi connectivity index (χ0n) is 9.34. The van der Waals surface area contributed by atoms with Gasteiger partial charge in [-0.2, -0.15) is 8.78 Å². The van der Waals surface area contributed by atoms with Gasteiger partial charge in [0, 0.05) is 13.1 Å². The van der Waals surface area contributed by atoms with Crippen LogP contribution in [-0.2, 0) is 9.59 Å². The molecule has 8 heteroatoms. The maximum Gasteiger partial charge on any atom is 0.383 e. The second-order valence-corrected chi connectivity index (χ2v) is 4.48. The summed E-state index contributed by atoms with van der Waals surface area (Å²) in [5.41, 5.74) is 0. The van der Waals surface area contributed by atoms with E-state index >= 15 is 0 Å². The van der Waals surface area contributed by atoms with Crippen LogP contribution in [0.4, 0.5) is 17.6 Å². The van der Waals surface area contributed by atoms with E-state index in [2.05, 4.69) is 5.32 Å². The zero-order valence-corrected chi connectivity index (χ0v) is 9.34. The third kappa shape index (κ3) is 1.93. The van der Waals surface area contributed by atoms with Crippen molar-refractivity contribution in [2.75, 3.05) is 13.1 Å². The van der Waals surface area contributed by atoms with Crippen LogP contribution in [-0.4, -0.2) is 48.2 Å². The second-order valence-electron chi connectivity index (χ2n) is 4.48. The molecule has 2 heterocycles. The Morgan fingerprint density at radius 3 is 2.72 bits per heavy atom. The Kier molecular flexibility index (Phi) is 3.20. The highest BCUT2D eigenvalue weighted by molar-refractivity contribution is 5.87. The Labute approximate surface area is 100 Å². The van der Waals surface area contributed by atoms with E-state index in [0.29, 0.717) is 12.8 Å². The fourth-order valence-corrected chi connectivity index (χ4v) is 2.49. The van der Waals surface area contributed by atoms with Gasteiger partial charge >= 0.3 is 12.3 Å². The van der Waals surface area contributed by atoms with Crippen molar-refractivity contribution in [3.8, 4) is 0 Å².